The summed E-state index contributed by atoms with van der Waals surface area (Å²) < 4.78 is 0.610. The summed E-state index contributed by atoms with van der Waals surface area (Å²) in [6.45, 7) is 0.769. The van der Waals surface area contributed by atoms with Gasteiger partial charge in [0.05, 0.1) is 6.54 Å². The van der Waals surface area contributed by atoms with Gasteiger partial charge in [0.2, 0.25) is 0 Å². The van der Waals surface area contributed by atoms with Crippen LogP contribution in [0.2, 0.25) is 0 Å². The fraction of sp³-hybridized carbons (Fsp3) is 0.375. The second-order valence-electron chi connectivity index (χ2n) is 6.11. The molecule has 3 N–H and O–H groups in total. The number of nitrogens with one attached hydrogen (secondary N) is 1. The molecule has 128 valence electrons. The third-order valence-corrected chi connectivity index (χ3v) is 5.16. The van der Waals surface area contributed by atoms with Crippen molar-refractivity contribution >= 4 is 34.7 Å². The Morgan fingerprint density at radius 3 is 2.54 bits per heavy atom. The molecule has 0 bridgehead atoms. The molecule has 1 fully saturated rings. The van der Waals surface area contributed by atoms with Gasteiger partial charge in [-0.3, -0.25) is 14.3 Å². The SMILES string of the molecule is CN(CC1CC1(Cl)Cl)c1c(N)n(Cc2ccccc2)c(=O)[nH]c1=O. The Kier molecular flexibility index (Phi) is 4.36. The third-order valence-electron chi connectivity index (χ3n) is 4.23. The molecule has 1 aliphatic carbocycles. The van der Waals surface area contributed by atoms with E-state index in [1.54, 1.807) is 11.9 Å². The zero-order valence-corrected chi connectivity index (χ0v) is 14.6. The first kappa shape index (κ1) is 16.9. The molecule has 1 saturated carbocycles. The van der Waals surface area contributed by atoms with Crippen molar-refractivity contribution in [2.45, 2.75) is 17.3 Å². The number of alkyl halides is 2. The van der Waals surface area contributed by atoms with Gasteiger partial charge >= 0.3 is 5.69 Å². The summed E-state index contributed by atoms with van der Waals surface area (Å²) >= 11 is 12.1. The molecule has 0 radical (unpaired) electrons. The molecule has 24 heavy (non-hydrogen) atoms. The van der Waals surface area contributed by atoms with E-state index in [2.05, 4.69) is 4.98 Å². The highest BCUT2D eigenvalue weighted by molar-refractivity contribution is 6.50. The van der Waals surface area contributed by atoms with Crippen LogP contribution in [0.25, 0.3) is 0 Å². The Morgan fingerprint density at radius 1 is 1.33 bits per heavy atom. The summed E-state index contributed by atoms with van der Waals surface area (Å²) in [7, 11) is 1.74. The molecule has 1 aromatic heterocycles. The average molecular weight is 369 g/mol. The molecule has 1 heterocycles. The van der Waals surface area contributed by atoms with Crippen LogP contribution in [0, 0.1) is 5.92 Å². The minimum Gasteiger partial charge on any atom is -0.383 e. The minimum absolute atomic E-state index is 0.0686. The summed E-state index contributed by atoms with van der Waals surface area (Å²) in [5, 5.41) is 0. The van der Waals surface area contributed by atoms with Crippen LogP contribution in [-0.2, 0) is 6.54 Å². The lowest BCUT2D eigenvalue weighted by molar-refractivity contribution is 0.715. The van der Waals surface area contributed by atoms with Crippen LogP contribution < -0.4 is 21.9 Å². The molecular formula is C16H18Cl2N4O2. The largest absolute Gasteiger partial charge is 0.383 e. The Balaban J connectivity index is 1.94. The molecule has 0 aliphatic heterocycles. The standard InChI is InChI=1S/C16H18Cl2N4O2/c1-21(9-11-7-16(11,17)18)12-13(19)22(15(24)20-14(12)23)8-10-5-3-2-4-6-10/h2-6,11H,7-9,19H2,1H3,(H,20,23,24). The molecular weight excluding hydrogens is 351 g/mol. The smallest absolute Gasteiger partial charge is 0.330 e. The van der Waals surface area contributed by atoms with E-state index in [4.69, 9.17) is 28.9 Å². The summed E-state index contributed by atoms with van der Waals surface area (Å²) in [6, 6.07) is 9.42. The van der Waals surface area contributed by atoms with Crippen LogP contribution in [0.4, 0.5) is 11.5 Å². The van der Waals surface area contributed by atoms with E-state index in [1.165, 1.54) is 4.57 Å². The Labute approximate surface area is 148 Å². The van der Waals surface area contributed by atoms with Crippen LogP contribution in [0.15, 0.2) is 39.9 Å². The van der Waals surface area contributed by atoms with E-state index in [9.17, 15) is 9.59 Å². The van der Waals surface area contributed by atoms with Crippen LogP contribution in [-0.4, -0.2) is 27.5 Å². The summed E-state index contributed by atoms with van der Waals surface area (Å²) in [5.41, 5.74) is 6.25. The summed E-state index contributed by atoms with van der Waals surface area (Å²) in [4.78, 5) is 28.4. The first-order chi connectivity index (χ1) is 11.3. The van der Waals surface area contributed by atoms with Crippen LogP contribution in [0.3, 0.4) is 0 Å². The number of anilines is 2. The highest BCUT2D eigenvalue weighted by Crippen LogP contribution is 2.53. The van der Waals surface area contributed by atoms with Crippen molar-refractivity contribution in [3.63, 3.8) is 0 Å². The number of nitrogens with zero attached hydrogens (tertiary/aromatic N) is 2. The maximum Gasteiger partial charge on any atom is 0.330 e. The zero-order valence-electron chi connectivity index (χ0n) is 13.1. The van der Waals surface area contributed by atoms with E-state index >= 15 is 0 Å². The second-order valence-corrected chi connectivity index (χ2v) is 7.65. The van der Waals surface area contributed by atoms with Crippen LogP contribution >= 0.6 is 23.2 Å². The number of H-pyrrole nitrogens is 1. The number of rotatable bonds is 5. The summed E-state index contributed by atoms with van der Waals surface area (Å²) in [6.07, 6.45) is 0.669. The molecule has 1 aliphatic rings. The molecule has 1 unspecified atom stereocenters. The van der Waals surface area contributed by atoms with Gasteiger partial charge in [0.1, 0.15) is 15.8 Å². The number of nitrogen functional groups attached to an aromatic ring is 1. The predicted octanol–water partition coefficient (Wildman–Crippen LogP) is 1.80. The van der Waals surface area contributed by atoms with Gasteiger partial charge in [0, 0.05) is 19.5 Å². The number of benzene rings is 1. The van der Waals surface area contributed by atoms with E-state index in [0.717, 1.165) is 5.56 Å². The lowest BCUT2D eigenvalue weighted by atomic mass is 10.2. The van der Waals surface area contributed by atoms with Crippen molar-refractivity contribution in [3.8, 4) is 0 Å². The maximum atomic E-state index is 12.2. The number of aromatic nitrogens is 2. The number of hydrogen-bond donors (Lipinski definition) is 2. The first-order valence-corrected chi connectivity index (χ1v) is 8.30. The van der Waals surface area contributed by atoms with Crippen molar-refractivity contribution in [1.82, 2.24) is 9.55 Å². The average Bonchev–Trinajstić information content (AvgIpc) is 3.10. The van der Waals surface area contributed by atoms with Gasteiger partial charge in [-0.25, -0.2) is 4.79 Å². The normalized spacial score (nSPS) is 18.4. The Morgan fingerprint density at radius 2 is 1.96 bits per heavy atom. The maximum absolute atomic E-state index is 12.2. The lowest BCUT2D eigenvalue weighted by Crippen LogP contribution is -2.38. The Hall–Kier alpha value is -1.92. The number of aromatic amines is 1. The van der Waals surface area contributed by atoms with Crippen molar-refractivity contribution in [2.24, 2.45) is 5.92 Å². The number of halogens is 2. The molecule has 3 rings (SSSR count). The quantitative estimate of drug-likeness (QED) is 0.788. The van der Waals surface area contributed by atoms with Gasteiger partial charge in [-0.1, -0.05) is 30.3 Å². The molecule has 1 aromatic carbocycles. The highest BCUT2D eigenvalue weighted by atomic mass is 35.5. The van der Waals surface area contributed by atoms with E-state index in [1.807, 2.05) is 30.3 Å². The molecule has 2 aromatic rings. The van der Waals surface area contributed by atoms with Gasteiger partial charge in [-0.05, 0) is 12.0 Å². The van der Waals surface area contributed by atoms with Gasteiger partial charge in [-0.15, -0.1) is 23.2 Å². The second kappa shape index (κ2) is 6.18. The van der Waals surface area contributed by atoms with Gasteiger partial charge in [-0.2, -0.15) is 0 Å². The molecule has 0 spiro atoms. The summed E-state index contributed by atoms with van der Waals surface area (Å²) in [5.74, 6) is 0.199. The number of nitrogens with two attached hydrogens (primary N) is 1. The van der Waals surface area contributed by atoms with Crippen molar-refractivity contribution in [2.75, 3.05) is 24.2 Å². The molecule has 8 heteroatoms. The van der Waals surface area contributed by atoms with E-state index < -0.39 is 15.6 Å². The molecule has 6 nitrogen and oxygen atoms in total. The minimum atomic E-state index is -0.742. The molecule has 0 amide bonds. The van der Waals surface area contributed by atoms with Crippen LogP contribution in [0.5, 0.6) is 0 Å². The topological polar surface area (TPSA) is 84.1 Å². The Bertz CT molecular complexity index is 861. The van der Waals surface area contributed by atoms with E-state index in [0.29, 0.717) is 13.0 Å². The monoisotopic (exact) mass is 368 g/mol. The first-order valence-electron chi connectivity index (χ1n) is 7.55. The van der Waals surface area contributed by atoms with Gasteiger partial charge in [0.25, 0.3) is 5.56 Å². The van der Waals surface area contributed by atoms with Crippen molar-refractivity contribution in [1.29, 1.82) is 0 Å². The van der Waals surface area contributed by atoms with Crippen molar-refractivity contribution < 1.29 is 0 Å². The van der Waals surface area contributed by atoms with Crippen molar-refractivity contribution in [3.05, 3.63) is 56.7 Å². The zero-order chi connectivity index (χ0) is 17.5. The molecule has 1 atom stereocenters. The lowest BCUT2D eigenvalue weighted by Gasteiger charge is -2.22. The highest BCUT2D eigenvalue weighted by Gasteiger charge is 2.52. The fourth-order valence-electron chi connectivity index (χ4n) is 2.76. The van der Waals surface area contributed by atoms with Gasteiger partial charge in [0.15, 0.2) is 0 Å². The number of hydrogen-bond acceptors (Lipinski definition) is 4. The van der Waals surface area contributed by atoms with Crippen LogP contribution in [0.1, 0.15) is 12.0 Å². The third kappa shape index (κ3) is 3.30. The molecule has 0 saturated heterocycles. The predicted molar refractivity (Wildman–Crippen MR) is 97.1 cm³/mol. The fourth-order valence-corrected chi connectivity index (χ4v) is 3.27. The van der Waals surface area contributed by atoms with E-state index in [-0.39, 0.29) is 24.0 Å². The van der Waals surface area contributed by atoms with Gasteiger partial charge < -0.3 is 10.6 Å².